The van der Waals surface area contributed by atoms with Gasteiger partial charge in [0.25, 0.3) is 0 Å². The first-order valence-corrected chi connectivity index (χ1v) is 12.3. The molecule has 2 aromatic carbocycles. The van der Waals surface area contributed by atoms with Crippen molar-refractivity contribution in [3.63, 3.8) is 0 Å². The maximum absolute atomic E-state index is 15.3. The molecule has 3 aliphatic heterocycles. The molecule has 204 valence electrons. The summed E-state index contributed by atoms with van der Waals surface area (Å²) in [5, 5.41) is 0. The first kappa shape index (κ1) is 26.7. The molecule has 38 heavy (non-hydrogen) atoms. The number of thioether (sulfide) groups is 1. The van der Waals surface area contributed by atoms with E-state index in [9.17, 15) is 39.9 Å². The van der Waals surface area contributed by atoms with Crippen LogP contribution in [0.5, 0.6) is 0 Å². The van der Waals surface area contributed by atoms with Crippen LogP contribution in [0.3, 0.4) is 0 Å². The van der Waals surface area contributed by atoms with Crippen molar-refractivity contribution in [3.8, 4) is 0 Å². The van der Waals surface area contributed by atoms with E-state index < -0.39 is 46.4 Å². The first-order chi connectivity index (χ1) is 17.6. The van der Waals surface area contributed by atoms with Crippen LogP contribution in [0.1, 0.15) is 22.3 Å². The highest BCUT2D eigenvalue weighted by Crippen LogP contribution is 2.49. The second-order valence-corrected chi connectivity index (χ2v) is 10.4. The number of amides is 1. The Balaban J connectivity index is 1.42. The number of nitrogens with one attached hydrogen (secondary N) is 1. The molecular weight excluding hydrogens is 551 g/mol. The molecule has 0 radical (unpaired) electrons. The summed E-state index contributed by atoms with van der Waals surface area (Å²) in [7, 11) is 0. The molecule has 0 aliphatic carbocycles. The van der Waals surface area contributed by atoms with Gasteiger partial charge in [0, 0.05) is 17.1 Å². The van der Waals surface area contributed by atoms with E-state index in [1.165, 1.54) is 29.2 Å². The van der Waals surface area contributed by atoms with Gasteiger partial charge in [0.05, 0.1) is 30.3 Å². The number of likely N-dealkylation sites (tertiary alicyclic amines) is 1. The molecule has 0 spiro atoms. The van der Waals surface area contributed by atoms with Crippen molar-refractivity contribution in [1.82, 2.24) is 10.4 Å². The standard InChI is InChI=1S/C24H17F9N2O2S/c25-17-6-15(5-16(19(17)26)23(28,29)30)22(24(31,32)33)7-18(34-37-22)12-1-3-14(4-2-12)21(27)10-35(11-21)20(36)13-8-38-9-13/h1-7,13,34H,8-11H2. The van der Waals surface area contributed by atoms with Gasteiger partial charge in [0.2, 0.25) is 11.5 Å². The largest absolute Gasteiger partial charge is 0.428 e. The van der Waals surface area contributed by atoms with Gasteiger partial charge in [-0.2, -0.15) is 38.1 Å². The minimum Gasteiger partial charge on any atom is -0.335 e. The molecule has 0 aromatic heterocycles. The average Bonchev–Trinajstić information content (AvgIpc) is 3.24. The Bertz CT molecular complexity index is 1300. The number of rotatable bonds is 4. The minimum atomic E-state index is -5.47. The summed E-state index contributed by atoms with van der Waals surface area (Å²) in [6, 6.07) is 4.99. The number of benzene rings is 2. The maximum Gasteiger partial charge on any atom is 0.428 e. The van der Waals surface area contributed by atoms with Gasteiger partial charge in [-0.05, 0) is 29.3 Å². The van der Waals surface area contributed by atoms with Gasteiger partial charge in [0.15, 0.2) is 17.3 Å². The van der Waals surface area contributed by atoms with E-state index in [0.717, 1.165) is 0 Å². The lowest BCUT2D eigenvalue weighted by atomic mass is 9.86. The average molecular weight is 568 g/mol. The van der Waals surface area contributed by atoms with Gasteiger partial charge < -0.3 is 4.90 Å². The molecule has 14 heteroatoms. The van der Waals surface area contributed by atoms with Crippen LogP contribution in [0.15, 0.2) is 42.5 Å². The van der Waals surface area contributed by atoms with Crippen molar-refractivity contribution in [2.24, 2.45) is 5.92 Å². The summed E-state index contributed by atoms with van der Waals surface area (Å²) in [5.74, 6) is -3.34. The second kappa shape index (κ2) is 8.83. The number of alkyl halides is 7. The van der Waals surface area contributed by atoms with Crippen LogP contribution in [0.4, 0.5) is 39.5 Å². The van der Waals surface area contributed by atoms with Crippen molar-refractivity contribution in [2.45, 2.75) is 23.6 Å². The van der Waals surface area contributed by atoms with Crippen LogP contribution in [0.25, 0.3) is 5.70 Å². The van der Waals surface area contributed by atoms with E-state index in [2.05, 4.69) is 4.84 Å². The molecule has 1 amide bonds. The quantitative estimate of drug-likeness (QED) is 0.482. The molecule has 2 aromatic rings. The highest BCUT2D eigenvalue weighted by atomic mass is 32.2. The number of carbonyl (C=O) groups is 1. The van der Waals surface area contributed by atoms with Gasteiger partial charge in [-0.3, -0.25) is 15.1 Å². The van der Waals surface area contributed by atoms with Crippen LogP contribution in [-0.4, -0.2) is 41.6 Å². The smallest absolute Gasteiger partial charge is 0.335 e. The summed E-state index contributed by atoms with van der Waals surface area (Å²) < 4.78 is 125. The molecule has 2 fully saturated rings. The first-order valence-electron chi connectivity index (χ1n) is 11.1. The Hall–Kier alpha value is -2.87. The monoisotopic (exact) mass is 568 g/mol. The van der Waals surface area contributed by atoms with Gasteiger partial charge in [-0.15, -0.1) is 0 Å². The topological polar surface area (TPSA) is 41.6 Å². The number of hydrogen-bond acceptors (Lipinski definition) is 4. The van der Waals surface area contributed by atoms with Crippen molar-refractivity contribution >= 4 is 23.4 Å². The molecule has 1 atom stereocenters. The number of carbonyl (C=O) groups excluding carboxylic acids is 1. The Labute approximate surface area is 213 Å². The Morgan fingerprint density at radius 2 is 1.63 bits per heavy atom. The third kappa shape index (κ3) is 4.31. The van der Waals surface area contributed by atoms with Crippen LogP contribution in [-0.2, 0) is 27.1 Å². The van der Waals surface area contributed by atoms with Crippen LogP contribution < -0.4 is 5.48 Å². The summed E-state index contributed by atoms with van der Waals surface area (Å²) in [6.07, 6.45) is -10.5. The summed E-state index contributed by atoms with van der Waals surface area (Å²) >= 11 is 1.62. The van der Waals surface area contributed by atoms with E-state index in [4.69, 9.17) is 0 Å². The van der Waals surface area contributed by atoms with Crippen LogP contribution in [0, 0.1) is 17.6 Å². The number of nitrogens with zero attached hydrogens (tertiary/aromatic N) is 1. The molecule has 3 heterocycles. The predicted octanol–water partition coefficient (Wildman–Crippen LogP) is 5.69. The summed E-state index contributed by atoms with van der Waals surface area (Å²) in [4.78, 5) is 18.3. The van der Waals surface area contributed by atoms with Crippen molar-refractivity contribution < 1.29 is 49.1 Å². The van der Waals surface area contributed by atoms with E-state index in [-0.39, 0.29) is 53.9 Å². The highest BCUT2D eigenvalue weighted by molar-refractivity contribution is 8.00. The SMILES string of the molecule is O=C(C1CSC1)N1CC(F)(c2ccc(C3=CC(c4cc(F)c(F)c(C(F)(F)F)c4)(C(F)(F)F)ON3)cc2)C1. The Kier molecular flexibility index (Phi) is 6.21. The molecule has 4 nitrogen and oxygen atoms in total. The van der Waals surface area contributed by atoms with Crippen LogP contribution >= 0.6 is 11.8 Å². The molecule has 1 unspecified atom stereocenters. The molecule has 0 bridgehead atoms. The molecule has 2 saturated heterocycles. The minimum absolute atomic E-state index is 0.0128. The number of hydroxylamine groups is 1. The zero-order valence-corrected chi connectivity index (χ0v) is 19.8. The van der Waals surface area contributed by atoms with Gasteiger partial charge in [-0.25, -0.2) is 13.2 Å². The zero-order valence-electron chi connectivity index (χ0n) is 19.0. The lowest BCUT2D eigenvalue weighted by Crippen LogP contribution is -2.61. The lowest BCUT2D eigenvalue weighted by molar-refractivity contribution is -0.269. The predicted molar refractivity (Wildman–Crippen MR) is 118 cm³/mol. The molecule has 0 saturated carbocycles. The van der Waals surface area contributed by atoms with Gasteiger partial charge in [-0.1, -0.05) is 24.3 Å². The van der Waals surface area contributed by atoms with E-state index in [1.807, 2.05) is 5.48 Å². The van der Waals surface area contributed by atoms with Gasteiger partial charge in [0.1, 0.15) is 0 Å². The van der Waals surface area contributed by atoms with Crippen molar-refractivity contribution in [2.75, 3.05) is 24.6 Å². The normalized spacial score (nSPS) is 23.4. The fraction of sp³-hybridized carbons (Fsp3) is 0.375. The summed E-state index contributed by atoms with van der Waals surface area (Å²) in [6.45, 7) is -0.323. The number of hydrogen-bond donors (Lipinski definition) is 1. The molecule has 3 aliphatic rings. The van der Waals surface area contributed by atoms with Crippen molar-refractivity contribution in [1.29, 1.82) is 0 Å². The highest BCUT2D eigenvalue weighted by Gasteiger charge is 2.60. The fourth-order valence-electron chi connectivity index (χ4n) is 4.48. The summed E-state index contributed by atoms with van der Waals surface area (Å²) in [5.41, 5.74) is -7.08. The molecule has 5 rings (SSSR count). The second-order valence-electron chi connectivity index (χ2n) is 9.28. The Morgan fingerprint density at radius 1 is 1.00 bits per heavy atom. The number of halogens is 9. The fourth-order valence-corrected chi connectivity index (χ4v) is 5.23. The van der Waals surface area contributed by atoms with Crippen LogP contribution in [0.2, 0.25) is 0 Å². The zero-order chi connectivity index (χ0) is 27.7. The third-order valence-corrected chi connectivity index (χ3v) is 8.02. The van der Waals surface area contributed by atoms with Crippen molar-refractivity contribution in [3.05, 3.63) is 76.4 Å². The third-order valence-electron chi connectivity index (χ3n) is 6.75. The maximum atomic E-state index is 15.3. The van der Waals surface area contributed by atoms with E-state index >= 15 is 4.39 Å². The van der Waals surface area contributed by atoms with E-state index in [1.54, 1.807) is 11.8 Å². The molecular formula is C24H17F9N2O2S. The molecule has 1 N–H and O–H groups in total. The lowest BCUT2D eigenvalue weighted by Gasteiger charge is -2.46. The van der Waals surface area contributed by atoms with Gasteiger partial charge >= 0.3 is 12.4 Å². The Morgan fingerprint density at radius 3 is 2.16 bits per heavy atom. The van der Waals surface area contributed by atoms with E-state index in [0.29, 0.717) is 17.6 Å².